The molecule has 1 aliphatic rings. The number of benzene rings is 2. The predicted molar refractivity (Wildman–Crippen MR) is 98.1 cm³/mol. The molecule has 1 unspecified atom stereocenters. The number of nitrogens with one attached hydrogen (secondary N) is 1. The first kappa shape index (κ1) is 15.4. The average Bonchev–Trinajstić information content (AvgIpc) is 3.09. The molecule has 4 rings (SSSR count). The van der Waals surface area contributed by atoms with E-state index in [1.807, 2.05) is 18.3 Å². The Morgan fingerprint density at radius 3 is 2.50 bits per heavy atom. The van der Waals surface area contributed by atoms with E-state index in [9.17, 15) is 0 Å². The van der Waals surface area contributed by atoms with Crippen LogP contribution < -0.4 is 5.32 Å². The van der Waals surface area contributed by atoms with Crippen LogP contribution in [-0.4, -0.2) is 15.6 Å². The molecule has 3 aromatic rings. The van der Waals surface area contributed by atoms with E-state index in [1.165, 1.54) is 22.5 Å². The summed E-state index contributed by atoms with van der Waals surface area (Å²) in [6.45, 7) is 1.95. The van der Waals surface area contributed by atoms with Crippen molar-refractivity contribution in [2.24, 2.45) is 0 Å². The monoisotopic (exact) mass is 337 g/mol. The molecule has 1 aromatic heterocycles. The van der Waals surface area contributed by atoms with Crippen molar-refractivity contribution >= 4 is 11.6 Å². The lowest BCUT2D eigenvalue weighted by Gasteiger charge is -2.24. The minimum Gasteiger partial charge on any atom is -0.335 e. The molecule has 0 fully saturated rings. The van der Waals surface area contributed by atoms with E-state index in [2.05, 4.69) is 57.5 Å². The van der Waals surface area contributed by atoms with Crippen molar-refractivity contribution in [3.63, 3.8) is 0 Å². The van der Waals surface area contributed by atoms with Gasteiger partial charge in [0.15, 0.2) is 0 Å². The zero-order valence-corrected chi connectivity index (χ0v) is 14.2. The topological polar surface area (TPSA) is 29.9 Å². The Labute approximate surface area is 147 Å². The Bertz CT molecular complexity index is 806. The summed E-state index contributed by atoms with van der Waals surface area (Å²) in [4.78, 5) is 4.43. The van der Waals surface area contributed by atoms with E-state index in [0.717, 1.165) is 31.0 Å². The summed E-state index contributed by atoms with van der Waals surface area (Å²) >= 11 is 5.95. The zero-order chi connectivity index (χ0) is 16.4. The van der Waals surface area contributed by atoms with Crippen molar-refractivity contribution in [3.8, 4) is 11.1 Å². The second-order valence-electron chi connectivity index (χ2n) is 6.31. The fourth-order valence-electron chi connectivity index (χ4n) is 3.24. The summed E-state index contributed by atoms with van der Waals surface area (Å²) in [5.41, 5.74) is 3.72. The molecule has 1 aliphatic heterocycles. The Balaban J connectivity index is 1.37. The van der Waals surface area contributed by atoms with Crippen molar-refractivity contribution in [3.05, 3.63) is 77.3 Å². The van der Waals surface area contributed by atoms with E-state index < -0.39 is 0 Å². The van der Waals surface area contributed by atoms with Crippen LogP contribution in [0.25, 0.3) is 11.1 Å². The maximum Gasteiger partial charge on any atom is 0.110 e. The molecule has 0 spiro atoms. The summed E-state index contributed by atoms with van der Waals surface area (Å²) < 4.78 is 2.25. The second-order valence-corrected chi connectivity index (χ2v) is 6.75. The number of hydrogen-bond acceptors (Lipinski definition) is 2. The van der Waals surface area contributed by atoms with E-state index in [1.54, 1.807) is 0 Å². The third kappa shape index (κ3) is 3.37. The molecule has 4 heteroatoms. The minimum atomic E-state index is 0.510. The smallest absolute Gasteiger partial charge is 0.110 e. The Morgan fingerprint density at radius 2 is 1.75 bits per heavy atom. The maximum atomic E-state index is 5.95. The largest absolute Gasteiger partial charge is 0.335 e. The van der Waals surface area contributed by atoms with Gasteiger partial charge in [-0.15, -0.1) is 0 Å². The first-order valence-electron chi connectivity index (χ1n) is 8.36. The van der Waals surface area contributed by atoms with Gasteiger partial charge in [0.2, 0.25) is 0 Å². The molecular formula is C20H20ClN3. The number of fused-ring (bicyclic) bond motifs is 1. The highest BCUT2D eigenvalue weighted by Crippen LogP contribution is 2.22. The van der Waals surface area contributed by atoms with Crippen LogP contribution in [0.3, 0.4) is 0 Å². The van der Waals surface area contributed by atoms with Gasteiger partial charge >= 0.3 is 0 Å². The van der Waals surface area contributed by atoms with Gasteiger partial charge in [0.1, 0.15) is 5.82 Å². The summed E-state index contributed by atoms with van der Waals surface area (Å²) in [5, 5.41) is 4.44. The lowest BCUT2D eigenvalue weighted by molar-refractivity contribution is 0.392. The number of aromatic nitrogens is 2. The van der Waals surface area contributed by atoms with E-state index in [0.29, 0.717) is 6.04 Å². The highest BCUT2D eigenvalue weighted by molar-refractivity contribution is 6.30. The van der Waals surface area contributed by atoms with Crippen LogP contribution in [0.1, 0.15) is 17.8 Å². The number of hydrogen-bond donors (Lipinski definition) is 1. The van der Waals surface area contributed by atoms with Crippen LogP contribution in [0.15, 0.2) is 60.9 Å². The highest BCUT2D eigenvalue weighted by Gasteiger charge is 2.18. The number of rotatable bonds is 4. The number of halogens is 1. The first-order valence-corrected chi connectivity index (χ1v) is 8.74. The number of imidazole rings is 1. The fraction of sp³-hybridized carbons (Fsp3) is 0.250. The molecule has 0 amide bonds. The van der Waals surface area contributed by atoms with Crippen LogP contribution in [0.2, 0.25) is 5.02 Å². The Hall–Kier alpha value is -2.10. The molecule has 122 valence electrons. The van der Waals surface area contributed by atoms with E-state index >= 15 is 0 Å². The molecule has 2 heterocycles. The summed E-state index contributed by atoms with van der Waals surface area (Å²) in [7, 11) is 0. The lowest BCUT2D eigenvalue weighted by atomic mass is 10.0. The van der Waals surface area contributed by atoms with Crippen molar-refractivity contribution in [1.29, 1.82) is 0 Å². The molecule has 0 aliphatic carbocycles. The predicted octanol–water partition coefficient (Wildman–Crippen LogP) is 4.31. The third-order valence-electron chi connectivity index (χ3n) is 4.68. The van der Waals surface area contributed by atoms with Gasteiger partial charge in [-0.3, -0.25) is 0 Å². The van der Waals surface area contributed by atoms with Crippen molar-refractivity contribution in [1.82, 2.24) is 14.9 Å². The van der Waals surface area contributed by atoms with Crippen LogP contribution in [-0.2, 0) is 19.5 Å². The van der Waals surface area contributed by atoms with Crippen molar-refractivity contribution in [2.45, 2.75) is 32.0 Å². The van der Waals surface area contributed by atoms with E-state index in [-0.39, 0.29) is 0 Å². The SMILES string of the molecule is Clc1ccc(-c2ccc(CNC3CCn4ccnc4C3)cc2)cc1. The standard InChI is InChI=1S/C20H20ClN3/c21-18-7-5-17(6-8-18)16-3-1-15(2-4-16)14-23-19-9-11-24-12-10-22-20(24)13-19/h1-8,10,12,19,23H,9,11,13-14H2. The molecular weight excluding hydrogens is 318 g/mol. The van der Waals surface area contributed by atoms with Gasteiger partial charge in [-0.2, -0.15) is 0 Å². The van der Waals surface area contributed by atoms with Gasteiger partial charge in [-0.1, -0.05) is 48.0 Å². The third-order valence-corrected chi connectivity index (χ3v) is 4.93. The molecule has 0 saturated carbocycles. The van der Waals surface area contributed by atoms with Gasteiger partial charge in [0, 0.05) is 43.0 Å². The molecule has 24 heavy (non-hydrogen) atoms. The van der Waals surface area contributed by atoms with Gasteiger partial charge in [0.25, 0.3) is 0 Å². The average molecular weight is 338 g/mol. The summed E-state index contributed by atoms with van der Waals surface area (Å²) in [5.74, 6) is 1.19. The molecule has 3 nitrogen and oxygen atoms in total. The zero-order valence-electron chi connectivity index (χ0n) is 13.5. The fourth-order valence-corrected chi connectivity index (χ4v) is 3.37. The van der Waals surface area contributed by atoms with E-state index in [4.69, 9.17) is 11.6 Å². The lowest BCUT2D eigenvalue weighted by Crippen LogP contribution is -2.36. The van der Waals surface area contributed by atoms with Gasteiger partial charge in [0.05, 0.1) is 0 Å². The minimum absolute atomic E-state index is 0.510. The molecule has 1 atom stereocenters. The first-order chi connectivity index (χ1) is 11.8. The summed E-state index contributed by atoms with van der Waals surface area (Å²) in [6.07, 6.45) is 6.14. The molecule has 0 radical (unpaired) electrons. The highest BCUT2D eigenvalue weighted by atomic mass is 35.5. The van der Waals surface area contributed by atoms with Crippen LogP contribution in [0.5, 0.6) is 0 Å². The Morgan fingerprint density at radius 1 is 1.04 bits per heavy atom. The van der Waals surface area contributed by atoms with Crippen LogP contribution in [0, 0.1) is 0 Å². The number of aryl methyl sites for hydroxylation is 1. The second kappa shape index (κ2) is 6.80. The summed E-state index contributed by atoms with van der Waals surface area (Å²) in [6, 6.07) is 17.2. The van der Waals surface area contributed by atoms with Crippen molar-refractivity contribution < 1.29 is 0 Å². The number of nitrogens with zero attached hydrogens (tertiary/aromatic N) is 2. The van der Waals surface area contributed by atoms with Crippen molar-refractivity contribution in [2.75, 3.05) is 0 Å². The van der Waals surface area contributed by atoms with Gasteiger partial charge < -0.3 is 9.88 Å². The maximum absolute atomic E-state index is 5.95. The van der Waals surface area contributed by atoms with Gasteiger partial charge in [-0.05, 0) is 35.2 Å². The molecule has 0 bridgehead atoms. The van der Waals surface area contributed by atoms with Crippen LogP contribution >= 0.6 is 11.6 Å². The molecule has 2 aromatic carbocycles. The normalized spacial score (nSPS) is 16.8. The quantitative estimate of drug-likeness (QED) is 0.769. The van der Waals surface area contributed by atoms with Crippen LogP contribution in [0.4, 0.5) is 0 Å². The molecule has 0 saturated heterocycles. The van der Waals surface area contributed by atoms with Gasteiger partial charge in [-0.25, -0.2) is 4.98 Å². The molecule has 1 N–H and O–H groups in total. The Kier molecular flexibility index (Phi) is 4.37.